The molecule has 5 rings (SSSR count). The van der Waals surface area contributed by atoms with Crippen molar-refractivity contribution in [2.45, 2.75) is 0 Å². The third kappa shape index (κ3) is 3.23. The summed E-state index contributed by atoms with van der Waals surface area (Å²) in [6, 6.07) is 27.9. The van der Waals surface area contributed by atoms with Gasteiger partial charge in [0.2, 0.25) is 0 Å². The normalized spacial score (nSPS) is 10.9. The fourth-order valence-electron chi connectivity index (χ4n) is 3.20. The van der Waals surface area contributed by atoms with Crippen LogP contribution in [0.25, 0.3) is 33.5 Å². The fourth-order valence-corrected chi connectivity index (χ4v) is 3.20. The largest absolute Gasteiger partial charge is 0.457 e. The number of ether oxygens (including phenoxy) is 1. The fraction of sp³-hybridized carbons (Fsp3) is 0. The highest BCUT2D eigenvalue weighted by Crippen LogP contribution is 2.29. The van der Waals surface area contributed by atoms with E-state index in [9.17, 15) is 0 Å². The number of hydrogen-bond acceptors (Lipinski definition) is 3. The van der Waals surface area contributed by atoms with Crippen molar-refractivity contribution in [3.63, 3.8) is 0 Å². The van der Waals surface area contributed by atoms with Crippen LogP contribution < -0.4 is 4.74 Å². The molecule has 0 unspecified atom stereocenters. The molecule has 0 saturated heterocycles. The first-order valence-corrected chi connectivity index (χ1v) is 9.09. The molecule has 5 aromatic rings. The summed E-state index contributed by atoms with van der Waals surface area (Å²) >= 11 is 0. The Labute approximate surface area is 162 Å². The van der Waals surface area contributed by atoms with Gasteiger partial charge in [0.1, 0.15) is 17.3 Å². The number of rotatable bonds is 4. The molecule has 2 aromatic heterocycles. The van der Waals surface area contributed by atoms with Gasteiger partial charge in [-0.15, -0.1) is 0 Å². The van der Waals surface area contributed by atoms with E-state index in [4.69, 9.17) is 9.72 Å². The molecule has 3 aromatic carbocycles. The van der Waals surface area contributed by atoms with E-state index in [0.29, 0.717) is 0 Å². The van der Waals surface area contributed by atoms with Crippen LogP contribution in [-0.2, 0) is 0 Å². The van der Waals surface area contributed by atoms with Crippen molar-refractivity contribution < 1.29 is 4.74 Å². The van der Waals surface area contributed by atoms with Crippen molar-refractivity contribution >= 4 is 11.0 Å². The van der Waals surface area contributed by atoms with Gasteiger partial charge in [0.05, 0.1) is 11.0 Å². The maximum atomic E-state index is 5.94. The van der Waals surface area contributed by atoms with E-state index in [1.165, 1.54) is 0 Å². The Bertz CT molecular complexity index is 1230. The second-order valence-electron chi connectivity index (χ2n) is 6.50. The number of para-hydroxylation sites is 1. The topological polar surface area (TPSA) is 50.8 Å². The van der Waals surface area contributed by atoms with Crippen molar-refractivity contribution in [2.75, 3.05) is 0 Å². The Morgan fingerprint density at radius 2 is 1.46 bits per heavy atom. The minimum Gasteiger partial charge on any atom is -0.457 e. The molecule has 0 aliphatic rings. The van der Waals surface area contributed by atoms with Crippen LogP contribution in [0, 0.1) is 0 Å². The van der Waals surface area contributed by atoms with E-state index in [1.54, 1.807) is 12.4 Å². The van der Waals surface area contributed by atoms with Gasteiger partial charge in [0.15, 0.2) is 0 Å². The second-order valence-corrected chi connectivity index (χ2v) is 6.50. The molecular formula is C24H17N3O. The standard InChI is InChI=1S/C24H17N3O/c1-2-6-20(7-3-1)28-21-8-4-5-19(15-21)24-26-22-10-9-18(16-23(22)27-24)17-11-13-25-14-12-17/h1-16H,(H,26,27). The summed E-state index contributed by atoms with van der Waals surface area (Å²) < 4.78 is 5.94. The first kappa shape index (κ1) is 16.3. The first-order valence-electron chi connectivity index (χ1n) is 9.09. The summed E-state index contributed by atoms with van der Waals surface area (Å²) in [6.45, 7) is 0. The number of aromatic amines is 1. The predicted octanol–water partition coefficient (Wildman–Crippen LogP) is 6.08. The average Bonchev–Trinajstić information content (AvgIpc) is 3.19. The minimum atomic E-state index is 0.779. The summed E-state index contributed by atoms with van der Waals surface area (Å²) in [7, 11) is 0. The van der Waals surface area contributed by atoms with Gasteiger partial charge in [0, 0.05) is 18.0 Å². The summed E-state index contributed by atoms with van der Waals surface area (Å²) in [5.41, 5.74) is 5.17. The van der Waals surface area contributed by atoms with E-state index in [0.717, 1.165) is 45.0 Å². The van der Waals surface area contributed by atoms with Gasteiger partial charge in [0.25, 0.3) is 0 Å². The van der Waals surface area contributed by atoms with E-state index in [-0.39, 0.29) is 0 Å². The van der Waals surface area contributed by atoms with Crippen molar-refractivity contribution in [1.29, 1.82) is 0 Å². The molecular weight excluding hydrogens is 346 g/mol. The van der Waals surface area contributed by atoms with Crippen LogP contribution >= 0.6 is 0 Å². The Morgan fingerprint density at radius 1 is 0.643 bits per heavy atom. The number of fused-ring (bicyclic) bond motifs is 1. The van der Waals surface area contributed by atoms with E-state index in [2.05, 4.69) is 22.1 Å². The van der Waals surface area contributed by atoms with E-state index in [1.807, 2.05) is 72.8 Å². The number of hydrogen-bond donors (Lipinski definition) is 1. The number of nitrogens with one attached hydrogen (secondary N) is 1. The lowest BCUT2D eigenvalue weighted by atomic mass is 10.1. The maximum Gasteiger partial charge on any atom is 0.138 e. The van der Waals surface area contributed by atoms with Crippen molar-refractivity contribution in [2.24, 2.45) is 0 Å². The highest BCUT2D eigenvalue weighted by atomic mass is 16.5. The molecule has 1 N–H and O–H groups in total. The zero-order valence-corrected chi connectivity index (χ0v) is 15.0. The Morgan fingerprint density at radius 3 is 2.32 bits per heavy atom. The number of imidazole rings is 1. The molecule has 0 aliphatic carbocycles. The molecule has 4 heteroatoms. The van der Waals surface area contributed by atoms with Crippen molar-refractivity contribution in [3.05, 3.63) is 97.3 Å². The predicted molar refractivity (Wildman–Crippen MR) is 111 cm³/mol. The second kappa shape index (κ2) is 7.00. The molecule has 2 heterocycles. The van der Waals surface area contributed by atoms with Gasteiger partial charge in [-0.2, -0.15) is 0 Å². The highest BCUT2D eigenvalue weighted by Gasteiger charge is 2.08. The highest BCUT2D eigenvalue weighted by molar-refractivity contribution is 5.84. The average molecular weight is 363 g/mol. The lowest BCUT2D eigenvalue weighted by Gasteiger charge is -2.06. The van der Waals surface area contributed by atoms with E-state index < -0.39 is 0 Å². The van der Waals surface area contributed by atoms with Crippen LogP contribution in [0.4, 0.5) is 0 Å². The summed E-state index contributed by atoms with van der Waals surface area (Å²) in [5.74, 6) is 2.41. The van der Waals surface area contributed by atoms with Crippen LogP contribution in [-0.4, -0.2) is 15.0 Å². The van der Waals surface area contributed by atoms with Crippen LogP contribution in [0.3, 0.4) is 0 Å². The number of nitrogens with zero attached hydrogens (tertiary/aromatic N) is 2. The number of pyridine rings is 1. The zero-order chi connectivity index (χ0) is 18.8. The Balaban J connectivity index is 1.48. The van der Waals surface area contributed by atoms with Gasteiger partial charge >= 0.3 is 0 Å². The number of benzene rings is 3. The van der Waals surface area contributed by atoms with Crippen LogP contribution in [0.15, 0.2) is 97.3 Å². The zero-order valence-electron chi connectivity index (χ0n) is 15.0. The smallest absolute Gasteiger partial charge is 0.138 e. The molecule has 0 aliphatic heterocycles. The van der Waals surface area contributed by atoms with E-state index >= 15 is 0 Å². The molecule has 0 atom stereocenters. The molecule has 0 saturated carbocycles. The molecule has 134 valence electrons. The summed E-state index contributed by atoms with van der Waals surface area (Å²) in [6.07, 6.45) is 3.60. The number of H-pyrrole nitrogens is 1. The monoisotopic (exact) mass is 363 g/mol. The Kier molecular flexibility index (Phi) is 4.07. The lowest BCUT2D eigenvalue weighted by Crippen LogP contribution is -1.85. The van der Waals surface area contributed by atoms with Gasteiger partial charge in [-0.1, -0.05) is 36.4 Å². The SMILES string of the molecule is c1ccc(Oc2cccc(-c3nc4ccc(-c5ccncc5)cc4[nH]3)c2)cc1. The minimum absolute atomic E-state index is 0.779. The summed E-state index contributed by atoms with van der Waals surface area (Å²) in [4.78, 5) is 12.3. The third-order valence-corrected chi connectivity index (χ3v) is 4.58. The van der Waals surface area contributed by atoms with Crippen LogP contribution in [0.2, 0.25) is 0 Å². The van der Waals surface area contributed by atoms with Crippen molar-refractivity contribution in [3.8, 4) is 34.0 Å². The molecule has 0 fully saturated rings. The van der Waals surface area contributed by atoms with Crippen LogP contribution in [0.5, 0.6) is 11.5 Å². The lowest BCUT2D eigenvalue weighted by molar-refractivity contribution is 0.483. The Hall–Kier alpha value is -3.92. The molecule has 4 nitrogen and oxygen atoms in total. The van der Waals surface area contributed by atoms with Crippen LogP contribution in [0.1, 0.15) is 0 Å². The maximum absolute atomic E-state index is 5.94. The van der Waals surface area contributed by atoms with Gasteiger partial charge < -0.3 is 9.72 Å². The first-order chi connectivity index (χ1) is 13.8. The molecule has 0 radical (unpaired) electrons. The van der Waals surface area contributed by atoms with Gasteiger partial charge in [-0.25, -0.2) is 4.98 Å². The summed E-state index contributed by atoms with van der Waals surface area (Å²) in [5, 5.41) is 0. The molecule has 0 spiro atoms. The quantitative estimate of drug-likeness (QED) is 0.421. The van der Waals surface area contributed by atoms with Gasteiger partial charge in [-0.3, -0.25) is 4.98 Å². The number of aromatic nitrogens is 3. The molecule has 0 bridgehead atoms. The molecule has 0 amide bonds. The molecule has 28 heavy (non-hydrogen) atoms. The third-order valence-electron chi connectivity index (χ3n) is 4.58. The van der Waals surface area contributed by atoms with Gasteiger partial charge in [-0.05, 0) is 59.7 Å². The van der Waals surface area contributed by atoms with Crippen molar-refractivity contribution in [1.82, 2.24) is 15.0 Å².